The van der Waals surface area contributed by atoms with Crippen molar-refractivity contribution < 1.29 is 19.1 Å². The first kappa shape index (κ1) is 17.3. The zero-order chi connectivity index (χ0) is 18.0. The number of hydrogen-bond acceptors (Lipinski definition) is 5. The molecule has 6 nitrogen and oxygen atoms in total. The summed E-state index contributed by atoms with van der Waals surface area (Å²) in [6.45, 7) is 0.410. The van der Waals surface area contributed by atoms with Crippen LogP contribution in [-0.4, -0.2) is 40.0 Å². The Morgan fingerprint density at radius 3 is 2.84 bits per heavy atom. The van der Waals surface area contributed by atoms with Crippen LogP contribution in [0.3, 0.4) is 0 Å². The maximum absolute atomic E-state index is 13.5. The number of nitrogen functional groups attached to an aromatic ring is 1. The molecule has 3 N–H and O–H groups in total. The minimum Gasteiger partial charge on any atom is -0.481 e. The predicted molar refractivity (Wildman–Crippen MR) is 91.7 cm³/mol. The minimum absolute atomic E-state index is 0.128. The minimum atomic E-state index is -0.975. The fraction of sp³-hybridized carbons (Fsp3) is 0.353. The Balaban J connectivity index is 1.68. The molecule has 2 heterocycles. The fourth-order valence-corrected chi connectivity index (χ4v) is 3.76. The zero-order valence-electron chi connectivity index (χ0n) is 13.4. The number of aromatic nitrogens is 1. The van der Waals surface area contributed by atoms with Gasteiger partial charge in [0.1, 0.15) is 5.82 Å². The summed E-state index contributed by atoms with van der Waals surface area (Å²) >= 11 is 1.32. The number of aliphatic carboxylic acids is 1. The highest BCUT2D eigenvalue weighted by Crippen LogP contribution is 2.33. The van der Waals surface area contributed by atoms with Gasteiger partial charge in [-0.1, -0.05) is 12.1 Å². The first-order valence-electron chi connectivity index (χ1n) is 7.90. The van der Waals surface area contributed by atoms with Gasteiger partial charge in [-0.15, -0.1) is 11.3 Å². The Morgan fingerprint density at radius 2 is 2.20 bits per heavy atom. The van der Waals surface area contributed by atoms with E-state index in [-0.39, 0.29) is 25.4 Å². The first-order valence-corrected chi connectivity index (χ1v) is 8.78. The van der Waals surface area contributed by atoms with Gasteiger partial charge >= 0.3 is 5.97 Å². The number of aryl methyl sites for hydroxylation is 1. The molecule has 1 saturated heterocycles. The Labute approximate surface area is 148 Å². The van der Waals surface area contributed by atoms with Crippen LogP contribution in [0.1, 0.15) is 23.6 Å². The van der Waals surface area contributed by atoms with Gasteiger partial charge in [-0.25, -0.2) is 9.37 Å². The Morgan fingerprint density at radius 1 is 1.40 bits per heavy atom. The monoisotopic (exact) mass is 363 g/mol. The van der Waals surface area contributed by atoms with E-state index >= 15 is 0 Å². The molecular formula is C17H18FN3O3S. The number of carbonyl (C=O) groups is 2. The van der Waals surface area contributed by atoms with E-state index in [1.807, 2.05) is 5.38 Å². The quantitative estimate of drug-likeness (QED) is 0.848. The number of anilines is 1. The highest BCUT2D eigenvalue weighted by Gasteiger charge is 2.40. The van der Waals surface area contributed by atoms with E-state index in [4.69, 9.17) is 5.73 Å². The van der Waals surface area contributed by atoms with Crippen LogP contribution >= 0.6 is 11.3 Å². The van der Waals surface area contributed by atoms with Gasteiger partial charge in [-0.05, 0) is 24.1 Å². The smallest absolute Gasteiger partial charge is 0.308 e. The van der Waals surface area contributed by atoms with E-state index in [2.05, 4.69) is 4.98 Å². The molecule has 0 saturated carbocycles. The predicted octanol–water partition coefficient (Wildman–Crippen LogP) is 2.12. The molecule has 3 rings (SSSR count). The molecule has 1 aliphatic rings. The van der Waals surface area contributed by atoms with Crippen molar-refractivity contribution in [3.8, 4) is 0 Å². The van der Waals surface area contributed by atoms with Crippen molar-refractivity contribution in [3.05, 3.63) is 46.7 Å². The van der Waals surface area contributed by atoms with Crippen LogP contribution in [0.25, 0.3) is 0 Å². The van der Waals surface area contributed by atoms with E-state index in [0.717, 1.165) is 5.69 Å². The van der Waals surface area contributed by atoms with Crippen LogP contribution in [0.15, 0.2) is 29.6 Å². The Bertz CT molecular complexity index is 795. The number of likely N-dealkylation sites (tertiary alicyclic amines) is 1. The lowest BCUT2D eigenvalue weighted by atomic mass is 9.89. The fourth-order valence-electron chi connectivity index (χ4n) is 3.16. The highest BCUT2D eigenvalue weighted by molar-refractivity contribution is 7.13. The molecule has 1 aliphatic heterocycles. The maximum Gasteiger partial charge on any atom is 0.308 e. The molecule has 1 aromatic carbocycles. The summed E-state index contributed by atoms with van der Waals surface area (Å²) in [5, 5.41) is 11.7. The molecule has 2 aromatic rings. The molecule has 1 fully saturated rings. The van der Waals surface area contributed by atoms with Crippen molar-refractivity contribution >= 4 is 28.3 Å². The van der Waals surface area contributed by atoms with E-state index in [9.17, 15) is 19.1 Å². The molecule has 0 spiro atoms. The molecule has 0 aliphatic carbocycles. The second-order valence-electron chi connectivity index (χ2n) is 6.08. The molecule has 25 heavy (non-hydrogen) atoms. The molecular weight excluding hydrogens is 345 g/mol. The Hall–Kier alpha value is -2.48. The van der Waals surface area contributed by atoms with E-state index in [0.29, 0.717) is 17.1 Å². The van der Waals surface area contributed by atoms with E-state index < -0.39 is 23.6 Å². The summed E-state index contributed by atoms with van der Waals surface area (Å²) in [6.07, 6.45) is 0.705. The van der Waals surface area contributed by atoms with Crippen molar-refractivity contribution in [3.63, 3.8) is 0 Å². The van der Waals surface area contributed by atoms with Gasteiger partial charge in [0.15, 0.2) is 5.13 Å². The third-order valence-electron chi connectivity index (χ3n) is 4.43. The normalized spacial score (nSPS) is 20.0. The number of benzene rings is 1. The summed E-state index contributed by atoms with van der Waals surface area (Å²) in [6, 6.07) is 5.92. The number of halogens is 1. The molecule has 132 valence electrons. The topological polar surface area (TPSA) is 96.5 Å². The second-order valence-corrected chi connectivity index (χ2v) is 6.97. The van der Waals surface area contributed by atoms with Crippen molar-refractivity contribution in [2.45, 2.75) is 18.8 Å². The van der Waals surface area contributed by atoms with Gasteiger partial charge in [-0.3, -0.25) is 9.59 Å². The maximum atomic E-state index is 13.5. The number of hydrogen-bond donors (Lipinski definition) is 2. The number of thiazole rings is 1. The summed E-state index contributed by atoms with van der Waals surface area (Å²) in [7, 11) is 0. The molecule has 0 bridgehead atoms. The molecule has 0 radical (unpaired) electrons. The van der Waals surface area contributed by atoms with Crippen molar-refractivity contribution in [1.82, 2.24) is 9.88 Å². The van der Waals surface area contributed by atoms with E-state index in [1.165, 1.54) is 23.5 Å². The zero-order valence-corrected chi connectivity index (χ0v) is 14.2. The lowest BCUT2D eigenvalue weighted by Crippen LogP contribution is -2.30. The van der Waals surface area contributed by atoms with Gasteiger partial charge in [0.2, 0.25) is 5.91 Å². The van der Waals surface area contributed by atoms with Gasteiger partial charge in [0.25, 0.3) is 0 Å². The average Bonchev–Trinajstić information content (AvgIpc) is 3.19. The summed E-state index contributed by atoms with van der Waals surface area (Å²) in [5.74, 6) is -2.66. The van der Waals surface area contributed by atoms with Crippen molar-refractivity contribution in [2.24, 2.45) is 5.92 Å². The van der Waals surface area contributed by atoms with Crippen LogP contribution < -0.4 is 5.73 Å². The second kappa shape index (κ2) is 7.18. The van der Waals surface area contributed by atoms with Crippen LogP contribution in [-0.2, 0) is 16.0 Å². The van der Waals surface area contributed by atoms with E-state index in [1.54, 1.807) is 17.0 Å². The standard InChI is InChI=1S/C17H18FN3O3S/c18-11-3-1-2-10(6-11)13-7-21(8-14(13)16(23)24)15(22)5-4-12-9-25-17(19)20-12/h1-3,6,9,13-14H,4-5,7-8H2,(H2,19,20)(H,23,24)/t13-,14+/m0/s1. The van der Waals surface area contributed by atoms with Gasteiger partial charge in [-0.2, -0.15) is 0 Å². The first-order chi connectivity index (χ1) is 11.9. The average molecular weight is 363 g/mol. The summed E-state index contributed by atoms with van der Waals surface area (Å²) in [5.41, 5.74) is 6.93. The number of amides is 1. The van der Waals surface area contributed by atoms with Crippen molar-refractivity contribution in [1.29, 1.82) is 0 Å². The number of carboxylic acid groups (broad SMARTS) is 1. The number of carbonyl (C=O) groups excluding carboxylic acids is 1. The van der Waals surface area contributed by atoms with Gasteiger partial charge in [0.05, 0.1) is 11.6 Å². The number of nitrogens with zero attached hydrogens (tertiary/aromatic N) is 2. The third kappa shape index (κ3) is 3.96. The van der Waals surface area contributed by atoms with Crippen LogP contribution in [0.4, 0.5) is 9.52 Å². The molecule has 2 atom stereocenters. The SMILES string of the molecule is Nc1nc(CCC(=O)N2C[C@@H](C(=O)O)[C@H](c3cccc(F)c3)C2)cs1. The van der Waals surface area contributed by atoms with Crippen molar-refractivity contribution in [2.75, 3.05) is 18.8 Å². The number of carboxylic acids is 1. The third-order valence-corrected chi connectivity index (χ3v) is 5.15. The van der Waals surface area contributed by atoms with Gasteiger partial charge < -0.3 is 15.7 Å². The molecule has 1 aromatic heterocycles. The number of rotatable bonds is 5. The van der Waals surface area contributed by atoms with Gasteiger partial charge in [0, 0.05) is 30.8 Å². The molecule has 1 amide bonds. The molecule has 8 heteroatoms. The largest absolute Gasteiger partial charge is 0.481 e. The lowest BCUT2D eigenvalue weighted by Gasteiger charge is -2.16. The number of nitrogens with two attached hydrogens (primary N) is 1. The summed E-state index contributed by atoms with van der Waals surface area (Å²) in [4.78, 5) is 29.7. The van der Waals surface area contributed by atoms with Crippen LogP contribution in [0.5, 0.6) is 0 Å². The lowest BCUT2D eigenvalue weighted by molar-refractivity contribution is -0.141. The summed E-state index contributed by atoms with van der Waals surface area (Å²) < 4.78 is 13.5. The highest BCUT2D eigenvalue weighted by atomic mass is 32.1. The van der Waals surface area contributed by atoms with Crippen LogP contribution in [0, 0.1) is 11.7 Å². The van der Waals surface area contributed by atoms with Crippen LogP contribution in [0.2, 0.25) is 0 Å². The Kier molecular flexibility index (Phi) is 4.98. The molecule has 0 unspecified atom stereocenters.